The lowest BCUT2D eigenvalue weighted by atomic mass is 10.3. The number of aryl methyl sites for hydroxylation is 1. The zero-order valence-corrected chi connectivity index (χ0v) is 16.4. The first-order chi connectivity index (χ1) is 13.8. The lowest BCUT2D eigenvalue weighted by Crippen LogP contribution is -2.49. The van der Waals surface area contributed by atoms with E-state index in [0.717, 1.165) is 12.1 Å². The van der Waals surface area contributed by atoms with Gasteiger partial charge in [0.1, 0.15) is 28.2 Å². The molecule has 0 atom stereocenters. The molecule has 0 radical (unpaired) electrons. The van der Waals surface area contributed by atoms with Crippen molar-refractivity contribution in [1.29, 1.82) is 0 Å². The van der Waals surface area contributed by atoms with Crippen LogP contribution in [0.4, 0.5) is 14.6 Å². The fourth-order valence-electron chi connectivity index (χ4n) is 3.20. The van der Waals surface area contributed by atoms with Crippen LogP contribution >= 0.6 is 0 Å². The van der Waals surface area contributed by atoms with Gasteiger partial charge in [-0.15, -0.1) is 0 Å². The largest absolute Gasteiger partial charge is 0.354 e. The minimum Gasteiger partial charge on any atom is -0.354 e. The van der Waals surface area contributed by atoms with Gasteiger partial charge in [0.2, 0.25) is 10.0 Å². The average molecular weight is 420 g/mol. The van der Waals surface area contributed by atoms with Crippen molar-refractivity contribution in [2.75, 3.05) is 31.1 Å². The normalized spacial score (nSPS) is 15.6. The fraction of sp³-hybridized carbons (Fsp3) is 0.278. The summed E-state index contributed by atoms with van der Waals surface area (Å²) in [6.45, 7) is 2.82. The van der Waals surface area contributed by atoms with Gasteiger partial charge in [0.05, 0.1) is 0 Å². The average Bonchev–Trinajstić information content (AvgIpc) is 3.22. The third kappa shape index (κ3) is 3.83. The van der Waals surface area contributed by atoms with Crippen molar-refractivity contribution in [3.8, 4) is 5.82 Å². The van der Waals surface area contributed by atoms with Gasteiger partial charge in [0.15, 0.2) is 5.82 Å². The molecule has 0 spiro atoms. The molecule has 2 aromatic heterocycles. The molecule has 0 saturated carbocycles. The van der Waals surface area contributed by atoms with E-state index >= 15 is 0 Å². The Kier molecular flexibility index (Phi) is 5.01. The number of rotatable bonds is 4. The van der Waals surface area contributed by atoms with Crippen LogP contribution in [0.5, 0.6) is 0 Å². The summed E-state index contributed by atoms with van der Waals surface area (Å²) in [4.78, 5) is 10.2. The molecular formula is C18H18F2N6O2S. The fourth-order valence-corrected chi connectivity index (χ4v) is 4.67. The van der Waals surface area contributed by atoms with Crippen molar-refractivity contribution in [3.05, 3.63) is 60.2 Å². The SMILES string of the molecule is Cc1nc(N2CCN(S(=O)(=O)c3ccc(F)cc3F)CC2)cc(-n2cccn2)n1. The molecule has 1 saturated heterocycles. The summed E-state index contributed by atoms with van der Waals surface area (Å²) in [7, 11) is -4.05. The topological polar surface area (TPSA) is 84.2 Å². The van der Waals surface area contributed by atoms with Crippen molar-refractivity contribution in [2.24, 2.45) is 0 Å². The number of sulfonamides is 1. The Morgan fingerprint density at radius 1 is 1.00 bits per heavy atom. The van der Waals surface area contributed by atoms with Crippen LogP contribution in [0.15, 0.2) is 47.6 Å². The van der Waals surface area contributed by atoms with Gasteiger partial charge < -0.3 is 4.90 Å². The summed E-state index contributed by atoms with van der Waals surface area (Å²) in [5.41, 5.74) is 0. The second kappa shape index (κ2) is 7.48. The lowest BCUT2D eigenvalue weighted by molar-refractivity contribution is 0.381. The van der Waals surface area contributed by atoms with E-state index in [1.165, 1.54) is 4.31 Å². The van der Waals surface area contributed by atoms with Crippen LogP contribution in [0.2, 0.25) is 0 Å². The number of aromatic nitrogens is 4. The highest BCUT2D eigenvalue weighted by atomic mass is 32.2. The molecular weight excluding hydrogens is 402 g/mol. The molecule has 0 aliphatic carbocycles. The quantitative estimate of drug-likeness (QED) is 0.640. The van der Waals surface area contributed by atoms with Crippen LogP contribution in [0.25, 0.3) is 5.82 Å². The van der Waals surface area contributed by atoms with E-state index in [-0.39, 0.29) is 13.1 Å². The van der Waals surface area contributed by atoms with Gasteiger partial charge >= 0.3 is 0 Å². The zero-order chi connectivity index (χ0) is 20.6. The van der Waals surface area contributed by atoms with Gasteiger partial charge in [-0.25, -0.2) is 31.8 Å². The van der Waals surface area contributed by atoms with E-state index in [4.69, 9.17) is 0 Å². The molecule has 1 aromatic carbocycles. The second-order valence-corrected chi connectivity index (χ2v) is 8.45. The molecule has 3 heterocycles. The highest BCUT2D eigenvalue weighted by Crippen LogP contribution is 2.23. The van der Waals surface area contributed by atoms with Crippen LogP contribution < -0.4 is 4.90 Å². The highest BCUT2D eigenvalue weighted by Gasteiger charge is 2.31. The summed E-state index contributed by atoms with van der Waals surface area (Å²) in [6, 6.07) is 6.03. The van der Waals surface area contributed by atoms with Crippen molar-refractivity contribution < 1.29 is 17.2 Å². The number of halogens is 2. The highest BCUT2D eigenvalue weighted by molar-refractivity contribution is 7.89. The van der Waals surface area contributed by atoms with Gasteiger partial charge in [-0.05, 0) is 25.1 Å². The zero-order valence-electron chi connectivity index (χ0n) is 15.5. The van der Waals surface area contributed by atoms with Crippen molar-refractivity contribution in [3.63, 3.8) is 0 Å². The third-order valence-corrected chi connectivity index (χ3v) is 6.56. The Bertz CT molecular complexity index is 1130. The predicted octanol–water partition coefficient (Wildman–Crippen LogP) is 1.76. The maximum atomic E-state index is 14.0. The smallest absolute Gasteiger partial charge is 0.246 e. The standard InChI is InChI=1S/C18H18F2N6O2S/c1-13-22-17(12-18(23-13)26-6-2-5-21-26)24-7-9-25(10-8-24)29(27,28)16-4-3-14(19)11-15(16)20/h2-6,11-12H,7-10H2,1H3. The Morgan fingerprint density at radius 2 is 1.72 bits per heavy atom. The summed E-state index contributed by atoms with van der Waals surface area (Å²) >= 11 is 0. The molecule has 11 heteroatoms. The molecule has 1 fully saturated rings. The van der Waals surface area contributed by atoms with Crippen LogP contribution in [0, 0.1) is 18.6 Å². The van der Waals surface area contributed by atoms with E-state index < -0.39 is 26.6 Å². The maximum Gasteiger partial charge on any atom is 0.246 e. The van der Waals surface area contributed by atoms with Crippen LogP contribution in [0.3, 0.4) is 0 Å². The molecule has 152 valence electrons. The molecule has 29 heavy (non-hydrogen) atoms. The summed E-state index contributed by atoms with van der Waals surface area (Å²) in [5.74, 6) is -0.0773. The van der Waals surface area contributed by atoms with Crippen LogP contribution in [-0.4, -0.2) is 58.7 Å². The Labute approximate surface area is 166 Å². The first-order valence-corrected chi connectivity index (χ1v) is 10.3. The molecule has 1 aliphatic rings. The van der Waals surface area contributed by atoms with E-state index in [1.807, 2.05) is 4.90 Å². The molecule has 0 bridgehead atoms. The molecule has 0 amide bonds. The van der Waals surface area contributed by atoms with Crippen LogP contribution in [0.1, 0.15) is 5.82 Å². The second-order valence-electron chi connectivity index (χ2n) is 6.55. The molecule has 8 nitrogen and oxygen atoms in total. The minimum atomic E-state index is -4.05. The number of hydrogen-bond acceptors (Lipinski definition) is 6. The summed E-state index contributed by atoms with van der Waals surface area (Å²) < 4.78 is 55.4. The molecule has 0 N–H and O–H groups in total. The maximum absolute atomic E-state index is 14.0. The van der Waals surface area contributed by atoms with Gasteiger partial charge in [0.25, 0.3) is 0 Å². The first kappa shape index (κ1) is 19.4. The number of piperazine rings is 1. The lowest BCUT2D eigenvalue weighted by Gasteiger charge is -2.34. The van der Waals surface area contributed by atoms with Crippen molar-refractivity contribution >= 4 is 15.8 Å². The van der Waals surface area contributed by atoms with Gasteiger partial charge in [0, 0.05) is 50.7 Å². The molecule has 1 aliphatic heterocycles. The predicted molar refractivity (Wildman–Crippen MR) is 101 cm³/mol. The minimum absolute atomic E-state index is 0.152. The number of anilines is 1. The van der Waals surface area contributed by atoms with Gasteiger partial charge in [-0.1, -0.05) is 0 Å². The van der Waals surface area contributed by atoms with E-state index in [0.29, 0.717) is 36.6 Å². The monoisotopic (exact) mass is 420 g/mol. The number of nitrogens with zero attached hydrogens (tertiary/aromatic N) is 6. The first-order valence-electron chi connectivity index (χ1n) is 8.90. The van der Waals surface area contributed by atoms with E-state index in [1.54, 1.807) is 36.1 Å². The molecule has 3 aromatic rings. The van der Waals surface area contributed by atoms with Gasteiger partial charge in [-0.3, -0.25) is 0 Å². The van der Waals surface area contributed by atoms with E-state index in [2.05, 4.69) is 15.1 Å². The van der Waals surface area contributed by atoms with Crippen LogP contribution in [-0.2, 0) is 10.0 Å². The number of benzene rings is 1. The van der Waals surface area contributed by atoms with E-state index in [9.17, 15) is 17.2 Å². The molecule has 4 rings (SSSR count). The Balaban J connectivity index is 1.53. The Morgan fingerprint density at radius 3 is 2.38 bits per heavy atom. The van der Waals surface area contributed by atoms with Gasteiger partial charge in [-0.2, -0.15) is 9.40 Å². The van der Waals surface area contributed by atoms with Crippen molar-refractivity contribution in [1.82, 2.24) is 24.1 Å². The third-order valence-electron chi connectivity index (χ3n) is 4.62. The number of hydrogen-bond donors (Lipinski definition) is 0. The molecule has 0 unspecified atom stereocenters. The summed E-state index contributed by atoms with van der Waals surface area (Å²) in [6.07, 6.45) is 3.42. The Hall–Kier alpha value is -2.92. The van der Waals surface area contributed by atoms with Crippen molar-refractivity contribution in [2.45, 2.75) is 11.8 Å². The summed E-state index contributed by atoms with van der Waals surface area (Å²) in [5, 5.41) is 4.16.